The lowest BCUT2D eigenvalue weighted by molar-refractivity contribution is -0.139. The van der Waals surface area contributed by atoms with Crippen LogP contribution in [0.1, 0.15) is 23.1 Å². The third-order valence-corrected chi connectivity index (χ3v) is 2.86. The molecule has 0 fully saturated rings. The highest BCUT2D eigenvalue weighted by Gasteiger charge is 2.22. The van der Waals surface area contributed by atoms with E-state index < -0.39 is 18.0 Å². The molecule has 0 spiro atoms. The van der Waals surface area contributed by atoms with Crippen molar-refractivity contribution in [1.82, 2.24) is 4.98 Å². The van der Waals surface area contributed by atoms with Crippen molar-refractivity contribution in [1.29, 1.82) is 0 Å². The molecule has 0 saturated heterocycles. The number of methoxy groups -OCH3 is 1. The molecule has 4 nitrogen and oxygen atoms in total. The van der Waals surface area contributed by atoms with E-state index in [-0.39, 0.29) is 17.8 Å². The molecule has 0 radical (unpaired) electrons. The number of carbonyl (C=O) groups is 1. The number of nitrogen functional groups attached to an aromatic ring is 1. The van der Waals surface area contributed by atoms with Crippen molar-refractivity contribution in [3.05, 3.63) is 22.9 Å². The molecule has 1 rings (SSSR count). The smallest absolute Gasteiger partial charge is 0.310 e. The van der Waals surface area contributed by atoms with Crippen molar-refractivity contribution in [2.75, 3.05) is 12.8 Å². The van der Waals surface area contributed by atoms with E-state index >= 15 is 0 Å². The van der Waals surface area contributed by atoms with Crippen LogP contribution in [0.5, 0.6) is 0 Å². The number of alkyl halides is 3. The van der Waals surface area contributed by atoms with Gasteiger partial charge in [-0.15, -0.1) is 0 Å². The molecule has 0 saturated carbocycles. The molecule has 0 aliphatic rings. The van der Waals surface area contributed by atoms with E-state index in [0.29, 0.717) is 10.9 Å². The average Bonchev–Trinajstić information content (AvgIpc) is 2.28. The Morgan fingerprint density at radius 3 is 2.76 bits per heavy atom. The standard InChI is InChI=1S/C10H11BrF2N2O2/c1-17-7(16)2-6-5(3-11)4-15-10(14)8(6)9(12)13/h4,9H,2-3H2,1H3,(H2,14,15). The Morgan fingerprint density at radius 1 is 1.65 bits per heavy atom. The number of nitrogens with zero attached hydrogens (tertiary/aromatic N) is 1. The van der Waals surface area contributed by atoms with Crippen LogP contribution in [0.3, 0.4) is 0 Å². The summed E-state index contributed by atoms with van der Waals surface area (Å²) in [5.41, 5.74) is 5.69. The normalized spacial score (nSPS) is 10.6. The van der Waals surface area contributed by atoms with E-state index in [1.54, 1.807) is 0 Å². The van der Waals surface area contributed by atoms with Crippen LogP contribution in [0.4, 0.5) is 14.6 Å². The zero-order chi connectivity index (χ0) is 13.0. The van der Waals surface area contributed by atoms with E-state index in [0.717, 1.165) is 0 Å². The van der Waals surface area contributed by atoms with Crippen LogP contribution >= 0.6 is 15.9 Å². The Morgan fingerprint density at radius 2 is 2.29 bits per heavy atom. The van der Waals surface area contributed by atoms with Gasteiger partial charge in [0.1, 0.15) is 5.82 Å². The maximum Gasteiger partial charge on any atom is 0.310 e. The summed E-state index contributed by atoms with van der Waals surface area (Å²) < 4.78 is 30.2. The van der Waals surface area contributed by atoms with Gasteiger partial charge in [-0.1, -0.05) is 15.9 Å². The molecule has 2 N–H and O–H groups in total. The number of esters is 1. The molecule has 0 unspecified atom stereocenters. The monoisotopic (exact) mass is 308 g/mol. The van der Waals surface area contributed by atoms with Gasteiger partial charge in [0.2, 0.25) is 0 Å². The molecule has 0 aliphatic heterocycles. The predicted molar refractivity (Wildman–Crippen MR) is 62.0 cm³/mol. The Balaban J connectivity index is 3.29. The summed E-state index contributed by atoms with van der Waals surface area (Å²) in [4.78, 5) is 14.9. The lowest BCUT2D eigenvalue weighted by Crippen LogP contribution is -2.12. The fourth-order valence-corrected chi connectivity index (χ4v) is 1.89. The van der Waals surface area contributed by atoms with Gasteiger partial charge in [-0.05, 0) is 11.1 Å². The summed E-state index contributed by atoms with van der Waals surface area (Å²) in [5, 5.41) is 0.312. The zero-order valence-electron chi connectivity index (χ0n) is 9.04. The molecule has 0 aromatic carbocycles. The molecule has 94 valence electrons. The number of rotatable bonds is 4. The SMILES string of the molecule is COC(=O)Cc1c(CBr)cnc(N)c1C(F)F. The van der Waals surface area contributed by atoms with Crippen molar-refractivity contribution < 1.29 is 18.3 Å². The number of aromatic nitrogens is 1. The van der Waals surface area contributed by atoms with E-state index in [4.69, 9.17) is 5.73 Å². The number of pyridine rings is 1. The summed E-state index contributed by atoms with van der Waals surface area (Å²) in [6.45, 7) is 0. The molecular formula is C10H11BrF2N2O2. The fourth-order valence-electron chi connectivity index (χ4n) is 1.41. The highest BCUT2D eigenvalue weighted by molar-refractivity contribution is 9.08. The van der Waals surface area contributed by atoms with Crippen LogP contribution in [0.25, 0.3) is 0 Å². The van der Waals surface area contributed by atoms with Crippen LogP contribution in [-0.2, 0) is 21.3 Å². The zero-order valence-corrected chi connectivity index (χ0v) is 10.6. The summed E-state index contributed by atoms with van der Waals surface area (Å²) >= 11 is 3.15. The van der Waals surface area contributed by atoms with Gasteiger partial charge in [-0.25, -0.2) is 13.8 Å². The van der Waals surface area contributed by atoms with Crippen molar-refractivity contribution in [3.8, 4) is 0 Å². The van der Waals surface area contributed by atoms with Gasteiger partial charge >= 0.3 is 5.97 Å². The summed E-state index contributed by atoms with van der Waals surface area (Å²) in [6, 6.07) is 0. The summed E-state index contributed by atoms with van der Waals surface area (Å²) in [7, 11) is 1.20. The fraction of sp³-hybridized carbons (Fsp3) is 0.400. The number of halogens is 3. The second kappa shape index (κ2) is 5.90. The second-order valence-electron chi connectivity index (χ2n) is 3.25. The Labute approximate surface area is 105 Å². The van der Waals surface area contributed by atoms with Crippen LogP contribution in [0.15, 0.2) is 6.20 Å². The number of anilines is 1. The highest BCUT2D eigenvalue weighted by atomic mass is 79.9. The van der Waals surface area contributed by atoms with Gasteiger partial charge in [-0.3, -0.25) is 4.79 Å². The molecule has 0 amide bonds. The quantitative estimate of drug-likeness (QED) is 0.684. The number of hydrogen-bond donors (Lipinski definition) is 1. The predicted octanol–water partition coefficient (Wildman–Crippen LogP) is 2.21. The summed E-state index contributed by atoms with van der Waals surface area (Å²) in [5.74, 6) is -0.858. The van der Waals surface area contributed by atoms with Gasteiger partial charge in [-0.2, -0.15) is 0 Å². The van der Waals surface area contributed by atoms with Gasteiger partial charge in [0.15, 0.2) is 0 Å². The average molecular weight is 309 g/mol. The molecule has 7 heteroatoms. The molecule has 1 aromatic heterocycles. The molecule has 1 aromatic rings. The number of hydrogen-bond acceptors (Lipinski definition) is 4. The first-order chi connectivity index (χ1) is 8.01. The Hall–Kier alpha value is -1.24. The van der Waals surface area contributed by atoms with Crippen molar-refractivity contribution >= 4 is 27.7 Å². The molecule has 0 bridgehead atoms. The van der Waals surface area contributed by atoms with Crippen LogP contribution in [0.2, 0.25) is 0 Å². The number of nitrogens with two attached hydrogens (primary N) is 1. The third-order valence-electron chi connectivity index (χ3n) is 2.26. The highest BCUT2D eigenvalue weighted by Crippen LogP contribution is 2.30. The molecule has 1 heterocycles. The summed E-state index contributed by atoms with van der Waals surface area (Å²) in [6.07, 6.45) is -1.65. The van der Waals surface area contributed by atoms with E-state index in [1.807, 2.05) is 0 Å². The van der Waals surface area contributed by atoms with Crippen molar-refractivity contribution in [2.45, 2.75) is 18.2 Å². The number of ether oxygens (including phenoxy) is 1. The van der Waals surface area contributed by atoms with E-state index in [1.165, 1.54) is 13.3 Å². The third kappa shape index (κ3) is 3.12. The maximum atomic E-state index is 12.9. The van der Waals surface area contributed by atoms with Crippen molar-refractivity contribution in [3.63, 3.8) is 0 Å². The first-order valence-corrected chi connectivity index (χ1v) is 5.80. The first kappa shape index (κ1) is 13.8. The molecule has 0 aliphatic carbocycles. The minimum atomic E-state index is -2.78. The minimum absolute atomic E-state index is 0.177. The van der Waals surface area contributed by atoms with Crippen LogP contribution < -0.4 is 5.73 Å². The molecule has 17 heavy (non-hydrogen) atoms. The van der Waals surface area contributed by atoms with Gasteiger partial charge in [0.05, 0.1) is 19.1 Å². The topological polar surface area (TPSA) is 65.2 Å². The second-order valence-corrected chi connectivity index (χ2v) is 3.81. The largest absolute Gasteiger partial charge is 0.469 e. The lowest BCUT2D eigenvalue weighted by Gasteiger charge is -2.13. The molecule has 0 atom stereocenters. The van der Waals surface area contributed by atoms with E-state index in [2.05, 4.69) is 25.7 Å². The maximum absolute atomic E-state index is 12.9. The molecular weight excluding hydrogens is 298 g/mol. The Bertz CT molecular complexity index is 427. The lowest BCUT2D eigenvalue weighted by atomic mass is 10.0. The Kier molecular flexibility index (Phi) is 4.80. The van der Waals surface area contributed by atoms with Crippen molar-refractivity contribution in [2.24, 2.45) is 0 Å². The van der Waals surface area contributed by atoms with Gasteiger partial charge in [0, 0.05) is 11.5 Å². The van der Waals surface area contributed by atoms with Crippen LogP contribution in [-0.4, -0.2) is 18.1 Å². The van der Waals surface area contributed by atoms with E-state index in [9.17, 15) is 13.6 Å². The number of carbonyl (C=O) groups excluding carboxylic acids is 1. The van der Waals surface area contributed by atoms with Gasteiger partial charge in [0.25, 0.3) is 6.43 Å². The van der Waals surface area contributed by atoms with Gasteiger partial charge < -0.3 is 10.5 Å². The van der Waals surface area contributed by atoms with Crippen LogP contribution in [0, 0.1) is 0 Å². The minimum Gasteiger partial charge on any atom is -0.469 e. The first-order valence-electron chi connectivity index (χ1n) is 4.68.